The number of hydrogen-bond acceptors (Lipinski definition) is 6. The molecule has 0 aliphatic rings. The van der Waals surface area contributed by atoms with Crippen molar-refractivity contribution in [3.05, 3.63) is 0 Å². The summed E-state index contributed by atoms with van der Waals surface area (Å²) in [6.07, 6.45) is 0.317. The van der Waals surface area contributed by atoms with Crippen LogP contribution in [0.4, 0.5) is 0 Å². The van der Waals surface area contributed by atoms with E-state index in [4.69, 9.17) is 14.2 Å². The van der Waals surface area contributed by atoms with Crippen LogP contribution in [0.5, 0.6) is 0 Å². The normalized spacial score (nSPS) is 13.0. The second-order valence-corrected chi connectivity index (χ2v) is 5.82. The molecular weight excluding hydrogens is 298 g/mol. The van der Waals surface area contributed by atoms with E-state index in [1.165, 1.54) is 0 Å². The van der Waals surface area contributed by atoms with E-state index >= 15 is 0 Å². The highest BCUT2D eigenvalue weighted by Crippen LogP contribution is 2.28. The van der Waals surface area contributed by atoms with Gasteiger partial charge < -0.3 is 19.5 Å². The maximum atomic E-state index is 12.7. The van der Waals surface area contributed by atoms with Crippen LogP contribution in [-0.4, -0.2) is 44.0 Å². The van der Waals surface area contributed by atoms with E-state index in [0.717, 1.165) is 0 Å². The first-order chi connectivity index (χ1) is 10.8. The van der Waals surface area contributed by atoms with E-state index in [9.17, 15) is 9.59 Å². The van der Waals surface area contributed by atoms with Crippen molar-refractivity contribution in [3.63, 3.8) is 0 Å². The molecule has 0 aromatic rings. The zero-order chi connectivity index (χ0) is 17.9. The molecule has 1 unspecified atom stereocenters. The molecule has 136 valence electrons. The number of carbonyl (C=O) groups excluding carboxylic acids is 2. The first-order valence-corrected chi connectivity index (χ1v) is 8.56. The smallest absolute Gasteiger partial charge is 0.315 e. The summed E-state index contributed by atoms with van der Waals surface area (Å²) in [4.78, 5) is 24.3. The van der Waals surface area contributed by atoms with Crippen LogP contribution in [0.15, 0.2) is 0 Å². The van der Waals surface area contributed by atoms with E-state index in [2.05, 4.69) is 5.32 Å². The second-order valence-electron chi connectivity index (χ2n) is 5.82. The molecule has 0 fully saturated rings. The third kappa shape index (κ3) is 7.79. The van der Waals surface area contributed by atoms with Crippen LogP contribution in [-0.2, 0) is 23.8 Å². The number of nitrogens with one attached hydrogen (secondary N) is 1. The van der Waals surface area contributed by atoms with Gasteiger partial charge in [-0.1, -0.05) is 27.7 Å². The molecule has 0 bridgehead atoms. The van der Waals surface area contributed by atoms with Gasteiger partial charge in [0.05, 0.1) is 12.0 Å². The largest absolute Gasteiger partial charge is 0.466 e. The predicted molar refractivity (Wildman–Crippen MR) is 88.9 cm³/mol. The van der Waals surface area contributed by atoms with Gasteiger partial charge in [-0.2, -0.15) is 0 Å². The van der Waals surface area contributed by atoms with Crippen LogP contribution < -0.4 is 5.32 Å². The number of carbonyl (C=O) groups is 2. The van der Waals surface area contributed by atoms with E-state index < -0.39 is 17.7 Å². The molecule has 0 amide bonds. The van der Waals surface area contributed by atoms with Crippen molar-refractivity contribution in [1.82, 2.24) is 5.32 Å². The van der Waals surface area contributed by atoms with Crippen LogP contribution in [0.3, 0.4) is 0 Å². The maximum absolute atomic E-state index is 12.7. The third-order valence-corrected chi connectivity index (χ3v) is 3.86. The Morgan fingerprint density at radius 3 is 2.09 bits per heavy atom. The van der Waals surface area contributed by atoms with E-state index in [0.29, 0.717) is 26.0 Å². The van der Waals surface area contributed by atoms with Gasteiger partial charge in [0.25, 0.3) is 0 Å². The molecule has 6 heteroatoms. The molecular formula is C17H33NO5. The van der Waals surface area contributed by atoms with Gasteiger partial charge in [-0.05, 0) is 26.7 Å². The van der Waals surface area contributed by atoms with Crippen molar-refractivity contribution >= 4 is 11.9 Å². The molecule has 0 aromatic heterocycles. The van der Waals surface area contributed by atoms with Crippen LogP contribution >= 0.6 is 0 Å². The summed E-state index contributed by atoms with van der Waals surface area (Å²) in [6.45, 7) is 12.7. The minimum atomic E-state index is -0.900. The van der Waals surface area contributed by atoms with Gasteiger partial charge in [0, 0.05) is 19.2 Å². The van der Waals surface area contributed by atoms with Crippen molar-refractivity contribution in [3.8, 4) is 0 Å². The Bertz CT molecular complexity index is 353. The van der Waals surface area contributed by atoms with E-state index in [1.807, 2.05) is 27.7 Å². The summed E-state index contributed by atoms with van der Waals surface area (Å²) in [5.74, 6) is -0.768. The molecule has 1 atom stereocenters. The quantitative estimate of drug-likeness (QED) is 0.438. The molecule has 0 rings (SSSR count). The Hall–Kier alpha value is -1.14. The molecule has 0 heterocycles. The van der Waals surface area contributed by atoms with Crippen LogP contribution in [0.2, 0.25) is 0 Å². The summed E-state index contributed by atoms with van der Waals surface area (Å²) in [5.41, 5.74) is -0.617. The first-order valence-electron chi connectivity index (χ1n) is 8.56. The highest BCUT2D eigenvalue weighted by Gasteiger charge is 2.38. The Balaban J connectivity index is 4.91. The fourth-order valence-corrected chi connectivity index (χ4v) is 2.18. The van der Waals surface area contributed by atoms with Crippen molar-refractivity contribution in [2.24, 2.45) is 5.41 Å². The molecule has 0 radical (unpaired) electrons. The minimum absolute atomic E-state index is 0.0888. The van der Waals surface area contributed by atoms with Gasteiger partial charge in [0.15, 0.2) is 0 Å². The SMILES string of the molecule is CCOC(=O)CC(OCC)OC(=O)C(CC)(CC)CNC(C)C. The number of hydrogen-bond donors (Lipinski definition) is 1. The lowest BCUT2D eigenvalue weighted by molar-refractivity contribution is -0.194. The van der Waals surface area contributed by atoms with Gasteiger partial charge in [-0.15, -0.1) is 0 Å². The average Bonchev–Trinajstić information content (AvgIpc) is 2.49. The lowest BCUT2D eigenvalue weighted by Crippen LogP contribution is -2.45. The summed E-state index contributed by atoms with van der Waals surface area (Å²) >= 11 is 0. The summed E-state index contributed by atoms with van der Waals surface area (Å²) in [5, 5.41) is 3.30. The molecule has 23 heavy (non-hydrogen) atoms. The third-order valence-electron chi connectivity index (χ3n) is 3.86. The average molecular weight is 331 g/mol. The van der Waals surface area contributed by atoms with Crippen molar-refractivity contribution in [1.29, 1.82) is 0 Å². The second kappa shape index (κ2) is 11.4. The lowest BCUT2D eigenvalue weighted by Gasteiger charge is -2.32. The maximum Gasteiger partial charge on any atom is 0.315 e. The van der Waals surface area contributed by atoms with E-state index in [1.54, 1.807) is 13.8 Å². The summed E-state index contributed by atoms with van der Waals surface area (Å²) in [7, 11) is 0. The summed E-state index contributed by atoms with van der Waals surface area (Å²) < 4.78 is 15.8. The Kier molecular flexibility index (Phi) is 10.8. The molecule has 6 nitrogen and oxygen atoms in total. The van der Waals surface area contributed by atoms with Crippen molar-refractivity contribution in [2.45, 2.75) is 73.1 Å². The standard InChI is InChI=1S/C17H33NO5/c1-7-17(8-2,12-18-13(5)6)16(20)23-15(22-10-4)11-14(19)21-9-3/h13,15,18H,7-12H2,1-6H3. The Labute approximate surface area is 140 Å². The molecule has 0 aliphatic carbocycles. The van der Waals surface area contributed by atoms with Crippen LogP contribution in [0, 0.1) is 5.41 Å². The Morgan fingerprint density at radius 2 is 1.65 bits per heavy atom. The van der Waals surface area contributed by atoms with Gasteiger partial charge >= 0.3 is 11.9 Å². The molecule has 0 aromatic carbocycles. The van der Waals surface area contributed by atoms with Gasteiger partial charge in [0.1, 0.15) is 6.42 Å². The molecule has 0 saturated heterocycles. The highest BCUT2D eigenvalue weighted by molar-refractivity contribution is 5.78. The fourth-order valence-electron chi connectivity index (χ4n) is 2.18. The molecule has 0 aliphatic heterocycles. The number of ether oxygens (including phenoxy) is 3. The van der Waals surface area contributed by atoms with Crippen LogP contribution in [0.25, 0.3) is 0 Å². The van der Waals surface area contributed by atoms with Gasteiger partial charge in [-0.25, -0.2) is 0 Å². The van der Waals surface area contributed by atoms with Crippen molar-refractivity contribution < 1.29 is 23.8 Å². The molecule has 0 saturated carbocycles. The Morgan fingerprint density at radius 1 is 1.04 bits per heavy atom. The minimum Gasteiger partial charge on any atom is -0.466 e. The number of esters is 2. The fraction of sp³-hybridized carbons (Fsp3) is 0.882. The van der Waals surface area contributed by atoms with Crippen LogP contribution in [0.1, 0.15) is 60.8 Å². The monoisotopic (exact) mass is 331 g/mol. The van der Waals surface area contributed by atoms with Crippen molar-refractivity contribution in [2.75, 3.05) is 19.8 Å². The lowest BCUT2D eigenvalue weighted by atomic mass is 9.82. The zero-order valence-corrected chi connectivity index (χ0v) is 15.4. The summed E-state index contributed by atoms with van der Waals surface area (Å²) in [6, 6.07) is 0.280. The molecule has 0 spiro atoms. The van der Waals surface area contributed by atoms with Gasteiger partial charge in [-0.3, -0.25) is 9.59 Å². The van der Waals surface area contributed by atoms with E-state index in [-0.39, 0.29) is 25.0 Å². The van der Waals surface area contributed by atoms with Gasteiger partial charge in [0.2, 0.25) is 6.29 Å². The predicted octanol–water partition coefficient (Wildman–Crippen LogP) is 2.65. The highest BCUT2D eigenvalue weighted by atomic mass is 16.7. The molecule has 1 N–H and O–H groups in total. The topological polar surface area (TPSA) is 73.9 Å². The first kappa shape index (κ1) is 21.9. The zero-order valence-electron chi connectivity index (χ0n) is 15.4. The number of rotatable bonds is 12.